The lowest BCUT2D eigenvalue weighted by Gasteiger charge is -2.18. The number of hydrogen-bond donors (Lipinski definition) is 2. The van der Waals surface area contributed by atoms with E-state index in [-0.39, 0.29) is 18.4 Å². The van der Waals surface area contributed by atoms with Crippen LogP contribution >= 0.6 is 0 Å². The number of amides is 1. The van der Waals surface area contributed by atoms with Crippen LogP contribution in [0.25, 0.3) is 0 Å². The van der Waals surface area contributed by atoms with Crippen molar-refractivity contribution in [3.8, 4) is 0 Å². The number of likely N-dealkylation sites (tertiary alicyclic amines) is 1. The van der Waals surface area contributed by atoms with Gasteiger partial charge in [-0.25, -0.2) is 0 Å². The highest BCUT2D eigenvalue weighted by atomic mass is 16.3. The van der Waals surface area contributed by atoms with Crippen molar-refractivity contribution in [2.45, 2.75) is 13.3 Å². The maximum Gasteiger partial charge on any atom is 0.256 e. The summed E-state index contributed by atoms with van der Waals surface area (Å²) in [5.41, 5.74) is 1.43. The molecule has 18 heavy (non-hydrogen) atoms. The number of anilines is 1. The molecular formula is C13H19N3O2. The minimum absolute atomic E-state index is 0.0179. The fourth-order valence-electron chi connectivity index (χ4n) is 2.25. The fraction of sp³-hybridized carbons (Fsp3) is 0.538. The molecule has 1 saturated heterocycles. The molecule has 98 valence electrons. The van der Waals surface area contributed by atoms with Gasteiger partial charge in [-0.05, 0) is 19.4 Å². The highest BCUT2D eigenvalue weighted by Crippen LogP contribution is 2.21. The van der Waals surface area contributed by atoms with Gasteiger partial charge in [0.2, 0.25) is 0 Å². The second-order valence-electron chi connectivity index (χ2n) is 4.54. The van der Waals surface area contributed by atoms with Crippen LogP contribution in [-0.2, 0) is 0 Å². The maximum atomic E-state index is 12.4. The van der Waals surface area contributed by atoms with E-state index in [1.165, 1.54) is 0 Å². The van der Waals surface area contributed by atoms with Gasteiger partial charge in [0.05, 0.1) is 17.4 Å². The zero-order valence-corrected chi connectivity index (χ0v) is 10.6. The second-order valence-corrected chi connectivity index (χ2v) is 4.54. The van der Waals surface area contributed by atoms with Crippen LogP contribution in [0.3, 0.4) is 0 Å². The highest BCUT2D eigenvalue weighted by Gasteiger charge is 2.27. The van der Waals surface area contributed by atoms with Gasteiger partial charge in [-0.3, -0.25) is 9.78 Å². The molecule has 0 bridgehead atoms. The van der Waals surface area contributed by atoms with Gasteiger partial charge in [0.15, 0.2) is 0 Å². The zero-order valence-electron chi connectivity index (χ0n) is 10.6. The second kappa shape index (κ2) is 5.82. The van der Waals surface area contributed by atoms with Gasteiger partial charge in [-0.15, -0.1) is 0 Å². The molecule has 0 aromatic carbocycles. The third-order valence-corrected chi connectivity index (χ3v) is 3.25. The minimum Gasteiger partial charge on any atom is -0.396 e. The molecule has 1 fully saturated rings. The van der Waals surface area contributed by atoms with Crippen LogP contribution in [0.4, 0.5) is 5.69 Å². The molecule has 1 amide bonds. The minimum atomic E-state index is 0.0179. The van der Waals surface area contributed by atoms with Crippen molar-refractivity contribution in [2.24, 2.45) is 5.92 Å². The molecule has 0 radical (unpaired) electrons. The van der Waals surface area contributed by atoms with Crippen molar-refractivity contribution < 1.29 is 9.90 Å². The average molecular weight is 249 g/mol. The average Bonchev–Trinajstić information content (AvgIpc) is 2.88. The van der Waals surface area contributed by atoms with Gasteiger partial charge in [0.25, 0.3) is 5.91 Å². The Kier molecular flexibility index (Phi) is 4.15. The first-order valence-corrected chi connectivity index (χ1v) is 6.34. The number of carbonyl (C=O) groups excluding carboxylic acids is 1. The monoisotopic (exact) mass is 249 g/mol. The summed E-state index contributed by atoms with van der Waals surface area (Å²) >= 11 is 0. The molecule has 0 spiro atoms. The van der Waals surface area contributed by atoms with Crippen LogP contribution in [-0.4, -0.2) is 47.1 Å². The number of carbonyl (C=O) groups is 1. The molecule has 2 N–H and O–H groups in total. The molecule has 1 aromatic rings. The molecule has 0 aliphatic carbocycles. The summed E-state index contributed by atoms with van der Waals surface area (Å²) in [6.45, 7) is 4.26. The predicted molar refractivity (Wildman–Crippen MR) is 69.5 cm³/mol. The number of nitrogens with zero attached hydrogens (tertiary/aromatic N) is 2. The zero-order chi connectivity index (χ0) is 13.0. The molecule has 5 heteroatoms. The van der Waals surface area contributed by atoms with Crippen LogP contribution in [0.15, 0.2) is 18.5 Å². The Labute approximate surface area is 107 Å². The normalized spacial score (nSPS) is 19.0. The van der Waals surface area contributed by atoms with Gasteiger partial charge >= 0.3 is 0 Å². The summed E-state index contributed by atoms with van der Waals surface area (Å²) in [7, 11) is 0. The summed E-state index contributed by atoms with van der Waals surface area (Å²) in [5.74, 6) is 0.239. The standard InChI is InChI=1S/C13H19N3O2/c1-2-15-12-7-14-5-3-11(12)13(18)16-6-4-10(8-16)9-17/h3,5,7,10,15,17H,2,4,6,8-9H2,1H3. The van der Waals surface area contributed by atoms with Crippen molar-refractivity contribution in [3.63, 3.8) is 0 Å². The molecule has 5 nitrogen and oxygen atoms in total. The van der Waals surface area contributed by atoms with Crippen LogP contribution in [0.1, 0.15) is 23.7 Å². The first-order chi connectivity index (χ1) is 8.76. The quantitative estimate of drug-likeness (QED) is 0.834. The number of rotatable bonds is 4. The van der Waals surface area contributed by atoms with Gasteiger partial charge < -0.3 is 15.3 Å². The lowest BCUT2D eigenvalue weighted by atomic mass is 10.1. The number of aromatic nitrogens is 1. The highest BCUT2D eigenvalue weighted by molar-refractivity contribution is 5.99. The molecule has 0 saturated carbocycles. The van der Waals surface area contributed by atoms with E-state index in [1.54, 1.807) is 23.4 Å². The van der Waals surface area contributed by atoms with E-state index in [1.807, 2.05) is 6.92 Å². The van der Waals surface area contributed by atoms with Crippen molar-refractivity contribution in [1.82, 2.24) is 9.88 Å². The van der Waals surface area contributed by atoms with E-state index in [9.17, 15) is 4.79 Å². The van der Waals surface area contributed by atoms with E-state index in [0.717, 1.165) is 25.2 Å². The smallest absolute Gasteiger partial charge is 0.256 e. The Morgan fingerprint density at radius 2 is 2.50 bits per heavy atom. The fourth-order valence-corrected chi connectivity index (χ4v) is 2.25. The van der Waals surface area contributed by atoms with E-state index < -0.39 is 0 Å². The Morgan fingerprint density at radius 3 is 3.17 bits per heavy atom. The molecule has 1 atom stereocenters. The Balaban J connectivity index is 2.14. The summed E-state index contributed by atoms with van der Waals surface area (Å²) in [4.78, 5) is 18.2. The molecule has 1 aliphatic rings. The van der Waals surface area contributed by atoms with Crippen molar-refractivity contribution in [1.29, 1.82) is 0 Å². The topological polar surface area (TPSA) is 65.5 Å². The number of nitrogens with one attached hydrogen (secondary N) is 1. The molecule has 2 rings (SSSR count). The van der Waals surface area contributed by atoms with E-state index >= 15 is 0 Å². The van der Waals surface area contributed by atoms with E-state index in [4.69, 9.17) is 5.11 Å². The summed E-state index contributed by atoms with van der Waals surface area (Å²) < 4.78 is 0. The number of aliphatic hydroxyl groups is 1. The van der Waals surface area contributed by atoms with Crippen LogP contribution in [0.2, 0.25) is 0 Å². The maximum absolute atomic E-state index is 12.4. The third kappa shape index (κ3) is 2.61. The summed E-state index contributed by atoms with van der Waals surface area (Å²) in [5, 5.41) is 12.3. The molecule has 1 unspecified atom stereocenters. The lowest BCUT2D eigenvalue weighted by Crippen LogP contribution is -2.29. The number of pyridine rings is 1. The molecular weight excluding hydrogens is 230 g/mol. The van der Waals surface area contributed by atoms with Crippen molar-refractivity contribution in [2.75, 3.05) is 31.6 Å². The van der Waals surface area contributed by atoms with Crippen molar-refractivity contribution in [3.05, 3.63) is 24.0 Å². The van der Waals surface area contributed by atoms with Gasteiger partial charge in [0, 0.05) is 38.4 Å². The predicted octanol–water partition coefficient (Wildman–Crippen LogP) is 0.968. The lowest BCUT2D eigenvalue weighted by molar-refractivity contribution is 0.0782. The van der Waals surface area contributed by atoms with Crippen LogP contribution in [0.5, 0.6) is 0 Å². The first-order valence-electron chi connectivity index (χ1n) is 6.34. The number of hydrogen-bond acceptors (Lipinski definition) is 4. The summed E-state index contributed by atoms with van der Waals surface area (Å²) in [6, 6.07) is 1.74. The SMILES string of the molecule is CCNc1cnccc1C(=O)N1CCC(CO)C1. The largest absolute Gasteiger partial charge is 0.396 e. The van der Waals surface area contributed by atoms with Gasteiger partial charge in [0.1, 0.15) is 0 Å². The van der Waals surface area contributed by atoms with Crippen molar-refractivity contribution >= 4 is 11.6 Å². The van der Waals surface area contributed by atoms with E-state index in [0.29, 0.717) is 12.1 Å². The van der Waals surface area contributed by atoms with Crippen LogP contribution in [0, 0.1) is 5.92 Å². The van der Waals surface area contributed by atoms with Gasteiger partial charge in [-0.2, -0.15) is 0 Å². The Hall–Kier alpha value is -1.62. The van der Waals surface area contributed by atoms with Gasteiger partial charge in [-0.1, -0.05) is 0 Å². The summed E-state index contributed by atoms with van der Waals surface area (Å²) in [6.07, 6.45) is 4.19. The molecule has 1 aliphatic heterocycles. The Bertz CT molecular complexity index is 422. The van der Waals surface area contributed by atoms with E-state index in [2.05, 4.69) is 10.3 Å². The third-order valence-electron chi connectivity index (χ3n) is 3.25. The molecule has 1 aromatic heterocycles. The first kappa shape index (κ1) is 12.8. The Morgan fingerprint density at radius 1 is 1.67 bits per heavy atom. The van der Waals surface area contributed by atoms with Crippen LogP contribution < -0.4 is 5.32 Å². The molecule has 2 heterocycles. The number of aliphatic hydroxyl groups excluding tert-OH is 1.